The van der Waals surface area contributed by atoms with Crippen molar-refractivity contribution in [1.29, 1.82) is 0 Å². The molecule has 1 atom stereocenters. The van der Waals surface area contributed by atoms with Crippen molar-refractivity contribution in [3.8, 4) is 0 Å². The zero-order valence-electron chi connectivity index (χ0n) is 3.79. The predicted molar refractivity (Wildman–Crippen MR) is 27.4 cm³/mol. The van der Waals surface area contributed by atoms with Crippen LogP contribution < -0.4 is 0 Å². The molecule has 0 saturated carbocycles. The molecule has 0 fully saturated rings. The lowest BCUT2D eigenvalue weighted by atomic mass is 11.8. The van der Waals surface area contributed by atoms with Crippen LogP contribution >= 0.6 is 0 Å². The molecule has 7 heavy (non-hydrogen) atoms. The second-order valence-corrected chi connectivity index (χ2v) is 2.93. The maximum Gasteiger partial charge on any atom is 0.324 e. The van der Waals surface area contributed by atoms with Crippen molar-refractivity contribution in [2.24, 2.45) is 0 Å². The summed E-state index contributed by atoms with van der Waals surface area (Å²) in [5, 5.41) is 0. The average molecular weight is 142 g/mol. The van der Waals surface area contributed by atoms with Gasteiger partial charge in [-0.2, -0.15) is 4.21 Å². The Morgan fingerprint density at radius 1 is 1.86 bits per heavy atom. The minimum Gasteiger partial charge on any atom is -0.402 e. The second kappa shape index (κ2) is 4.41. The third-order valence-electron chi connectivity index (χ3n) is 0.267. The summed E-state index contributed by atoms with van der Waals surface area (Å²) >= 11 is -2.13. The van der Waals surface area contributed by atoms with Crippen LogP contribution in [0.1, 0.15) is 0 Å². The van der Waals surface area contributed by atoms with Gasteiger partial charge in [0.25, 0.3) is 11.4 Å². The van der Waals surface area contributed by atoms with Gasteiger partial charge in [-0.05, 0) is 0 Å². The smallest absolute Gasteiger partial charge is 0.324 e. The van der Waals surface area contributed by atoms with Crippen molar-refractivity contribution in [3.63, 3.8) is 0 Å². The second-order valence-electron chi connectivity index (χ2n) is 0.741. The summed E-state index contributed by atoms with van der Waals surface area (Å²) in [7, 11) is 0.254. The van der Waals surface area contributed by atoms with Gasteiger partial charge >= 0.3 is 10.0 Å². The largest absolute Gasteiger partial charge is 0.402 e. The molecule has 0 amide bonds. The van der Waals surface area contributed by atoms with Crippen LogP contribution in [-0.2, 0) is 19.7 Å². The topological polar surface area (TPSA) is 55.8 Å². The maximum absolute atomic E-state index is 9.60. The molecule has 0 spiro atoms. The van der Waals surface area contributed by atoms with Gasteiger partial charge in [0.1, 0.15) is 0 Å². The van der Waals surface area contributed by atoms with Crippen molar-refractivity contribution >= 4 is 21.4 Å². The van der Waals surface area contributed by atoms with Crippen molar-refractivity contribution in [1.82, 2.24) is 0 Å². The highest BCUT2D eigenvalue weighted by Crippen LogP contribution is 1.72. The number of rotatable bonds is 3. The summed E-state index contributed by atoms with van der Waals surface area (Å²) in [6.45, 7) is 0. The summed E-state index contributed by atoms with van der Waals surface area (Å²) < 4.78 is 26.0. The summed E-state index contributed by atoms with van der Waals surface area (Å²) in [4.78, 5) is 0. The van der Waals surface area contributed by atoms with Crippen molar-refractivity contribution in [2.45, 2.75) is 0 Å². The average Bonchev–Trinajstić information content (AvgIpc) is 1.61. The van der Waals surface area contributed by atoms with Gasteiger partial charge in [0, 0.05) is 7.11 Å². The van der Waals surface area contributed by atoms with E-state index in [2.05, 4.69) is 8.30 Å². The standard InChI is InChI=1S/CH6O4SSi/c1-4-7-5-6(2)3/h7H2,1H3,(H,2,3). The Kier molecular flexibility index (Phi) is 4.56. The molecule has 0 aromatic heterocycles. The fourth-order valence-corrected chi connectivity index (χ4v) is 0.803. The van der Waals surface area contributed by atoms with Gasteiger partial charge < -0.3 is 4.43 Å². The van der Waals surface area contributed by atoms with Gasteiger partial charge in [-0.1, -0.05) is 0 Å². The highest BCUT2D eigenvalue weighted by Gasteiger charge is 1.88. The zero-order chi connectivity index (χ0) is 5.70. The predicted octanol–water partition coefficient (Wildman–Crippen LogP) is -1.22. The molecule has 0 bridgehead atoms. The SMILES string of the molecule is CO[SiH2]OS(=O)O. The van der Waals surface area contributed by atoms with E-state index in [0.717, 1.165) is 0 Å². The van der Waals surface area contributed by atoms with E-state index in [1.54, 1.807) is 0 Å². The first-order chi connectivity index (χ1) is 3.27. The molecule has 0 aliphatic rings. The monoisotopic (exact) mass is 142 g/mol. The molecular formula is CH6O4SSi. The van der Waals surface area contributed by atoms with Crippen molar-refractivity contribution in [3.05, 3.63) is 0 Å². The van der Waals surface area contributed by atoms with E-state index in [1.807, 2.05) is 0 Å². The third-order valence-corrected chi connectivity index (χ3v) is 1.69. The van der Waals surface area contributed by atoms with Gasteiger partial charge in [0.15, 0.2) is 0 Å². The number of hydrogen-bond acceptors (Lipinski definition) is 3. The van der Waals surface area contributed by atoms with Crippen molar-refractivity contribution < 1.29 is 17.1 Å². The Labute approximate surface area is 46.4 Å². The molecule has 0 aromatic rings. The van der Waals surface area contributed by atoms with E-state index in [1.165, 1.54) is 7.11 Å². The van der Waals surface area contributed by atoms with Gasteiger partial charge in [-0.3, -0.25) is 8.42 Å². The molecule has 4 nitrogen and oxygen atoms in total. The molecule has 1 N–H and O–H groups in total. The van der Waals surface area contributed by atoms with E-state index in [-0.39, 0.29) is 0 Å². The first-order valence-electron chi connectivity index (χ1n) is 1.50. The Hall–Kier alpha value is 0.247. The van der Waals surface area contributed by atoms with Gasteiger partial charge in [0.2, 0.25) is 0 Å². The lowest BCUT2D eigenvalue weighted by Crippen LogP contribution is -2.02. The molecule has 44 valence electrons. The highest BCUT2D eigenvalue weighted by molar-refractivity contribution is 7.75. The molecule has 0 aliphatic carbocycles. The fourth-order valence-electron chi connectivity index (χ4n) is 0.0893. The number of hydrogen-bond donors (Lipinski definition) is 1. The highest BCUT2D eigenvalue weighted by atomic mass is 32.2. The Bertz CT molecular complexity index is 64.7. The van der Waals surface area contributed by atoms with Crippen LogP contribution in [0.4, 0.5) is 0 Å². The van der Waals surface area contributed by atoms with Crippen LogP contribution in [0, 0.1) is 0 Å². The maximum atomic E-state index is 9.60. The van der Waals surface area contributed by atoms with E-state index in [0.29, 0.717) is 0 Å². The molecule has 6 heteroatoms. The molecule has 0 aromatic carbocycles. The van der Waals surface area contributed by atoms with E-state index >= 15 is 0 Å². The summed E-state index contributed by atoms with van der Waals surface area (Å²) in [6, 6.07) is 0. The Morgan fingerprint density at radius 3 is 2.57 bits per heavy atom. The van der Waals surface area contributed by atoms with Gasteiger partial charge in [-0.15, -0.1) is 0 Å². The molecule has 0 rings (SSSR count). The van der Waals surface area contributed by atoms with Crippen LogP contribution in [0.15, 0.2) is 0 Å². The quantitative estimate of drug-likeness (QED) is 0.396. The zero-order valence-corrected chi connectivity index (χ0v) is 6.02. The van der Waals surface area contributed by atoms with Gasteiger partial charge in [0.05, 0.1) is 0 Å². The fraction of sp³-hybridized carbons (Fsp3) is 1.00. The van der Waals surface area contributed by atoms with E-state index < -0.39 is 21.4 Å². The third kappa shape index (κ3) is 6.25. The van der Waals surface area contributed by atoms with Crippen LogP contribution in [-0.4, -0.2) is 25.9 Å². The molecule has 0 aliphatic heterocycles. The lowest BCUT2D eigenvalue weighted by Gasteiger charge is -1.90. The molecular weight excluding hydrogens is 136 g/mol. The van der Waals surface area contributed by atoms with Crippen LogP contribution in [0.2, 0.25) is 0 Å². The van der Waals surface area contributed by atoms with Crippen LogP contribution in [0.3, 0.4) is 0 Å². The van der Waals surface area contributed by atoms with E-state index in [4.69, 9.17) is 4.55 Å². The van der Waals surface area contributed by atoms with Crippen LogP contribution in [0.25, 0.3) is 0 Å². The normalized spacial score (nSPS) is 15.7. The summed E-state index contributed by atoms with van der Waals surface area (Å²) in [6.07, 6.45) is 0. The molecule has 0 radical (unpaired) electrons. The lowest BCUT2D eigenvalue weighted by molar-refractivity contribution is 0.358. The first-order valence-corrected chi connectivity index (χ1v) is 3.69. The Morgan fingerprint density at radius 2 is 2.43 bits per heavy atom. The Balaban J connectivity index is 2.82. The first kappa shape index (κ1) is 7.25. The van der Waals surface area contributed by atoms with Crippen LogP contribution in [0.5, 0.6) is 0 Å². The molecule has 1 unspecified atom stereocenters. The molecule has 0 saturated heterocycles. The van der Waals surface area contributed by atoms with Gasteiger partial charge in [-0.25, -0.2) is 0 Å². The summed E-state index contributed by atoms with van der Waals surface area (Å²) in [5.41, 5.74) is 0. The molecule has 0 heterocycles. The minimum absolute atomic E-state index is 1.18. The minimum atomic E-state index is -2.13. The van der Waals surface area contributed by atoms with E-state index in [9.17, 15) is 4.21 Å². The summed E-state index contributed by atoms with van der Waals surface area (Å²) in [5.74, 6) is 0. The van der Waals surface area contributed by atoms with Crippen molar-refractivity contribution in [2.75, 3.05) is 7.11 Å².